The number of halogens is 2. The number of benzene rings is 1. The molecule has 21 heavy (non-hydrogen) atoms. The van der Waals surface area contributed by atoms with Crippen LogP contribution in [0.1, 0.15) is 25.5 Å². The van der Waals surface area contributed by atoms with Crippen LogP contribution in [0.4, 0.5) is 0 Å². The summed E-state index contributed by atoms with van der Waals surface area (Å²) in [6.45, 7) is 3.72. The molecule has 0 spiro atoms. The van der Waals surface area contributed by atoms with Crippen LogP contribution in [0, 0.1) is 0 Å². The summed E-state index contributed by atoms with van der Waals surface area (Å²) in [4.78, 5) is 12.2. The van der Waals surface area contributed by atoms with Gasteiger partial charge in [-0.25, -0.2) is 0 Å². The fourth-order valence-corrected chi connectivity index (χ4v) is 3.89. The van der Waals surface area contributed by atoms with Crippen LogP contribution >= 0.6 is 46.3 Å². The predicted molar refractivity (Wildman–Crippen MR) is 88.2 cm³/mol. The van der Waals surface area contributed by atoms with E-state index < -0.39 is 0 Å². The monoisotopic (exact) mass is 361 g/mol. The van der Waals surface area contributed by atoms with E-state index in [-0.39, 0.29) is 17.2 Å². The van der Waals surface area contributed by atoms with Crippen LogP contribution in [0.2, 0.25) is 10.0 Å². The van der Waals surface area contributed by atoms with E-state index in [1.54, 1.807) is 17.6 Å². The van der Waals surface area contributed by atoms with E-state index in [9.17, 15) is 4.79 Å². The van der Waals surface area contributed by atoms with Crippen molar-refractivity contribution in [2.75, 3.05) is 0 Å². The number of nitrogens with zero attached hydrogens (tertiary/aromatic N) is 2. The van der Waals surface area contributed by atoms with Crippen molar-refractivity contribution in [2.24, 2.45) is 0 Å². The Labute approximate surface area is 141 Å². The zero-order chi connectivity index (χ0) is 15.4. The molecule has 112 valence electrons. The van der Waals surface area contributed by atoms with E-state index in [1.165, 1.54) is 23.1 Å². The Morgan fingerprint density at radius 1 is 1.38 bits per heavy atom. The van der Waals surface area contributed by atoms with Crippen molar-refractivity contribution in [3.05, 3.63) is 39.3 Å². The number of thioether (sulfide) groups is 1. The van der Waals surface area contributed by atoms with Gasteiger partial charge in [0.05, 0.1) is 11.3 Å². The van der Waals surface area contributed by atoms with E-state index in [0.29, 0.717) is 10.0 Å². The number of amides is 1. The zero-order valence-electron chi connectivity index (χ0n) is 11.3. The normalized spacial score (nSPS) is 13.7. The number of aromatic nitrogens is 2. The predicted octanol–water partition coefficient (Wildman–Crippen LogP) is 4.20. The summed E-state index contributed by atoms with van der Waals surface area (Å²) < 4.78 is 0.773. The van der Waals surface area contributed by atoms with Gasteiger partial charge >= 0.3 is 0 Å². The molecule has 2 rings (SSSR count). The molecule has 1 aromatic heterocycles. The lowest BCUT2D eigenvalue weighted by Gasteiger charge is -2.18. The highest BCUT2D eigenvalue weighted by atomic mass is 35.5. The Morgan fingerprint density at radius 3 is 2.76 bits per heavy atom. The summed E-state index contributed by atoms with van der Waals surface area (Å²) in [5, 5.41) is 11.5. The van der Waals surface area contributed by atoms with Crippen LogP contribution in [0.5, 0.6) is 0 Å². The summed E-state index contributed by atoms with van der Waals surface area (Å²) in [7, 11) is 0. The lowest BCUT2D eigenvalue weighted by Crippen LogP contribution is -2.33. The average Bonchev–Trinajstić information content (AvgIpc) is 2.91. The van der Waals surface area contributed by atoms with Gasteiger partial charge < -0.3 is 5.32 Å². The van der Waals surface area contributed by atoms with E-state index >= 15 is 0 Å². The van der Waals surface area contributed by atoms with Crippen LogP contribution < -0.4 is 5.32 Å². The molecule has 1 heterocycles. The number of carbonyl (C=O) groups excluding carboxylic acids is 1. The molecule has 2 atom stereocenters. The van der Waals surface area contributed by atoms with E-state index in [2.05, 4.69) is 15.5 Å². The Balaban J connectivity index is 1.98. The molecule has 1 N–H and O–H groups in total. The Morgan fingerprint density at radius 2 is 2.14 bits per heavy atom. The minimum atomic E-state index is -0.258. The second-order valence-corrected chi connectivity index (χ2v) is 7.63. The Hall–Kier alpha value is -0.820. The molecule has 1 amide bonds. The topological polar surface area (TPSA) is 54.9 Å². The molecule has 2 aromatic rings. The number of rotatable bonds is 5. The summed E-state index contributed by atoms with van der Waals surface area (Å²) in [5.74, 6) is -0.0753. The maximum absolute atomic E-state index is 12.2. The van der Waals surface area contributed by atoms with Gasteiger partial charge in [0, 0.05) is 10.0 Å². The second kappa shape index (κ2) is 7.45. The minimum absolute atomic E-state index is 0.0753. The van der Waals surface area contributed by atoms with Gasteiger partial charge in [0.1, 0.15) is 5.51 Å². The molecule has 0 bridgehead atoms. The van der Waals surface area contributed by atoms with Crippen molar-refractivity contribution < 1.29 is 4.79 Å². The third kappa shape index (κ3) is 4.57. The Kier molecular flexibility index (Phi) is 5.87. The Bertz CT molecular complexity index is 622. The van der Waals surface area contributed by atoms with Crippen molar-refractivity contribution in [1.82, 2.24) is 15.5 Å². The van der Waals surface area contributed by atoms with E-state index in [4.69, 9.17) is 23.2 Å². The summed E-state index contributed by atoms with van der Waals surface area (Å²) in [6, 6.07) is 5.04. The number of hydrogen-bond acceptors (Lipinski definition) is 5. The number of carbonyl (C=O) groups is 1. The molecule has 0 aliphatic carbocycles. The standard InChI is InChI=1S/C13H13Cl2N3OS2/c1-7(10-4-3-9(14)5-11(10)15)17-12(19)8(2)21-13-18-16-6-20-13/h3-8H,1-2H3,(H,17,19). The van der Waals surface area contributed by atoms with Crippen molar-refractivity contribution in [3.8, 4) is 0 Å². The highest BCUT2D eigenvalue weighted by Gasteiger charge is 2.19. The fraction of sp³-hybridized carbons (Fsp3) is 0.308. The zero-order valence-corrected chi connectivity index (χ0v) is 14.5. The molecule has 4 nitrogen and oxygen atoms in total. The smallest absolute Gasteiger partial charge is 0.233 e. The number of nitrogens with one attached hydrogen (secondary N) is 1. The molecule has 8 heteroatoms. The molecule has 1 aromatic carbocycles. The van der Waals surface area contributed by atoms with Gasteiger partial charge in [-0.1, -0.05) is 52.4 Å². The van der Waals surface area contributed by atoms with Crippen molar-refractivity contribution in [1.29, 1.82) is 0 Å². The van der Waals surface area contributed by atoms with E-state index in [0.717, 1.165) is 9.90 Å². The first-order valence-electron chi connectivity index (χ1n) is 6.15. The summed E-state index contributed by atoms with van der Waals surface area (Å²) in [6.07, 6.45) is 0. The third-order valence-electron chi connectivity index (χ3n) is 2.77. The molecule has 0 radical (unpaired) electrons. The minimum Gasteiger partial charge on any atom is -0.349 e. The van der Waals surface area contributed by atoms with Crippen molar-refractivity contribution in [2.45, 2.75) is 29.5 Å². The first-order chi connectivity index (χ1) is 9.97. The quantitative estimate of drug-likeness (QED) is 0.810. The molecule has 0 aliphatic heterocycles. The van der Waals surface area contributed by atoms with Crippen LogP contribution in [-0.4, -0.2) is 21.4 Å². The highest BCUT2D eigenvalue weighted by molar-refractivity contribution is 8.02. The summed E-state index contributed by atoms with van der Waals surface area (Å²) >= 11 is 14.8. The fourth-order valence-electron chi connectivity index (χ4n) is 1.68. The lowest BCUT2D eigenvalue weighted by molar-refractivity contribution is -0.120. The van der Waals surface area contributed by atoms with Gasteiger partial charge in [0.25, 0.3) is 0 Å². The van der Waals surface area contributed by atoms with Crippen molar-refractivity contribution >= 4 is 52.2 Å². The molecular weight excluding hydrogens is 349 g/mol. The first-order valence-corrected chi connectivity index (χ1v) is 8.67. The van der Waals surface area contributed by atoms with Crippen LogP contribution in [0.25, 0.3) is 0 Å². The molecule has 0 fully saturated rings. The first kappa shape index (κ1) is 16.5. The lowest BCUT2D eigenvalue weighted by atomic mass is 10.1. The van der Waals surface area contributed by atoms with Gasteiger partial charge in [0.2, 0.25) is 5.91 Å². The number of hydrogen-bond donors (Lipinski definition) is 1. The van der Waals surface area contributed by atoms with E-state index in [1.807, 2.05) is 19.9 Å². The molecule has 0 saturated heterocycles. The third-order valence-corrected chi connectivity index (χ3v) is 5.25. The maximum Gasteiger partial charge on any atom is 0.233 e. The van der Waals surface area contributed by atoms with Gasteiger partial charge in [-0.05, 0) is 31.5 Å². The largest absolute Gasteiger partial charge is 0.349 e. The van der Waals surface area contributed by atoms with Crippen LogP contribution in [0.3, 0.4) is 0 Å². The highest BCUT2D eigenvalue weighted by Crippen LogP contribution is 2.28. The SMILES string of the molecule is CC(Sc1nncs1)C(=O)NC(C)c1ccc(Cl)cc1Cl. The van der Waals surface area contributed by atoms with Gasteiger partial charge in [0.15, 0.2) is 4.34 Å². The molecular formula is C13H13Cl2N3OS2. The second-order valence-electron chi connectivity index (χ2n) is 4.36. The molecule has 0 aliphatic rings. The maximum atomic E-state index is 12.2. The van der Waals surface area contributed by atoms with Gasteiger partial charge in [-0.2, -0.15) is 0 Å². The van der Waals surface area contributed by atoms with Crippen molar-refractivity contribution in [3.63, 3.8) is 0 Å². The molecule has 0 saturated carbocycles. The molecule has 2 unspecified atom stereocenters. The summed E-state index contributed by atoms with van der Waals surface area (Å²) in [5.41, 5.74) is 2.48. The van der Waals surface area contributed by atoms with Gasteiger partial charge in [-0.3, -0.25) is 4.79 Å². The average molecular weight is 362 g/mol. The van der Waals surface area contributed by atoms with Crippen LogP contribution in [-0.2, 0) is 4.79 Å². The van der Waals surface area contributed by atoms with Crippen LogP contribution in [0.15, 0.2) is 28.0 Å². The van der Waals surface area contributed by atoms with Gasteiger partial charge in [-0.15, -0.1) is 10.2 Å².